The number of rotatable bonds is 5. The van der Waals surface area contributed by atoms with Crippen LogP contribution in [0.25, 0.3) is 0 Å². The van der Waals surface area contributed by atoms with Crippen molar-refractivity contribution in [2.45, 2.75) is 31.8 Å². The summed E-state index contributed by atoms with van der Waals surface area (Å²) >= 11 is 1.43. The molecule has 1 aliphatic rings. The van der Waals surface area contributed by atoms with Gasteiger partial charge in [0.05, 0.1) is 5.92 Å². The van der Waals surface area contributed by atoms with Crippen LogP contribution in [0.3, 0.4) is 0 Å². The van der Waals surface area contributed by atoms with Crippen molar-refractivity contribution in [2.24, 2.45) is 0 Å². The number of aliphatic carboxylic acids is 1. The molecule has 3 rings (SSSR count). The van der Waals surface area contributed by atoms with Crippen LogP contribution in [-0.4, -0.2) is 28.6 Å². The number of carboxylic acid groups (broad SMARTS) is 1. The van der Waals surface area contributed by atoms with Gasteiger partial charge >= 0.3 is 5.97 Å². The molecule has 0 radical (unpaired) electrons. The average Bonchev–Trinajstić information content (AvgIpc) is 3.26. The van der Waals surface area contributed by atoms with Gasteiger partial charge in [0.1, 0.15) is 16.8 Å². The molecule has 2 N–H and O–H groups in total. The molecule has 6 nitrogen and oxygen atoms in total. The Bertz CT molecular complexity index is 735. The number of nitrogens with zero attached hydrogens (tertiary/aromatic N) is 1. The zero-order valence-electron chi connectivity index (χ0n) is 13.2. The van der Waals surface area contributed by atoms with Gasteiger partial charge < -0.3 is 15.2 Å². The Hall–Kier alpha value is -2.25. The average molecular weight is 346 g/mol. The molecule has 0 bridgehead atoms. The fourth-order valence-electron chi connectivity index (χ4n) is 2.51. The molecule has 7 heteroatoms. The third-order valence-electron chi connectivity index (χ3n) is 4.00. The molecule has 1 fully saturated rings. The molecular formula is C17H18N2O4S. The predicted molar refractivity (Wildman–Crippen MR) is 90.5 cm³/mol. The Labute approximate surface area is 143 Å². The Kier molecular flexibility index (Phi) is 4.92. The highest BCUT2D eigenvalue weighted by molar-refractivity contribution is 7.09. The van der Waals surface area contributed by atoms with Gasteiger partial charge in [0, 0.05) is 17.7 Å². The summed E-state index contributed by atoms with van der Waals surface area (Å²) < 4.78 is 5.57. The molecule has 2 aromatic rings. The predicted octanol–water partition coefficient (Wildman–Crippen LogP) is 3.44. The second-order valence-corrected chi connectivity index (χ2v) is 6.60. The molecule has 1 aliphatic heterocycles. The van der Waals surface area contributed by atoms with E-state index in [0.717, 1.165) is 24.5 Å². The molecule has 0 spiro atoms. The first kappa shape index (κ1) is 16.6. The van der Waals surface area contributed by atoms with E-state index >= 15 is 0 Å². The number of benzene rings is 1. The van der Waals surface area contributed by atoms with Gasteiger partial charge in [0.25, 0.3) is 5.91 Å². The minimum absolute atomic E-state index is 0.00772. The summed E-state index contributed by atoms with van der Waals surface area (Å²) in [5.74, 6) is -1.74. The van der Waals surface area contributed by atoms with E-state index in [4.69, 9.17) is 9.84 Å². The van der Waals surface area contributed by atoms with Crippen molar-refractivity contribution in [1.82, 2.24) is 4.98 Å². The molecule has 24 heavy (non-hydrogen) atoms. The van der Waals surface area contributed by atoms with Crippen molar-refractivity contribution in [3.63, 3.8) is 0 Å². The van der Waals surface area contributed by atoms with E-state index in [0.29, 0.717) is 16.9 Å². The second-order valence-electron chi connectivity index (χ2n) is 5.71. The number of amides is 1. The number of hydrogen-bond acceptors (Lipinski definition) is 5. The molecule has 0 unspecified atom stereocenters. The van der Waals surface area contributed by atoms with Crippen LogP contribution in [0.4, 0.5) is 5.69 Å². The molecule has 0 aliphatic carbocycles. The summed E-state index contributed by atoms with van der Waals surface area (Å²) in [6.07, 6.45) is 1.97. The summed E-state index contributed by atoms with van der Waals surface area (Å²) in [6.45, 7) is 2.37. The van der Waals surface area contributed by atoms with Gasteiger partial charge in [-0.15, -0.1) is 11.3 Å². The third-order valence-corrected chi connectivity index (χ3v) is 4.94. The fraction of sp³-hybridized carbons (Fsp3) is 0.353. The van der Waals surface area contributed by atoms with Crippen LogP contribution >= 0.6 is 11.3 Å². The molecule has 2 heterocycles. The van der Waals surface area contributed by atoms with E-state index < -0.39 is 11.9 Å². The molecule has 0 saturated carbocycles. The molecule has 126 valence electrons. The molecule has 1 amide bonds. The monoisotopic (exact) mass is 346 g/mol. The van der Waals surface area contributed by atoms with Crippen LogP contribution < -0.4 is 5.32 Å². The maximum Gasteiger partial charge on any atom is 0.310 e. The van der Waals surface area contributed by atoms with E-state index in [9.17, 15) is 9.59 Å². The van der Waals surface area contributed by atoms with Gasteiger partial charge in [-0.05, 0) is 37.5 Å². The van der Waals surface area contributed by atoms with Crippen molar-refractivity contribution in [1.29, 1.82) is 0 Å². The van der Waals surface area contributed by atoms with E-state index in [1.54, 1.807) is 36.6 Å². The summed E-state index contributed by atoms with van der Waals surface area (Å²) in [7, 11) is 0. The largest absolute Gasteiger partial charge is 0.481 e. The second kappa shape index (κ2) is 7.11. The molecule has 1 saturated heterocycles. The highest BCUT2D eigenvalue weighted by Crippen LogP contribution is 2.30. The van der Waals surface area contributed by atoms with Crippen molar-refractivity contribution in [3.8, 4) is 0 Å². The fourth-order valence-corrected chi connectivity index (χ4v) is 3.39. The molecule has 1 aromatic carbocycles. The number of carbonyl (C=O) groups is 2. The summed E-state index contributed by atoms with van der Waals surface area (Å²) in [5.41, 5.74) is 1.66. The van der Waals surface area contributed by atoms with Crippen molar-refractivity contribution >= 4 is 28.9 Å². The zero-order chi connectivity index (χ0) is 17.1. The number of hydrogen-bond donors (Lipinski definition) is 2. The normalized spacial score (nSPS) is 18.3. The Morgan fingerprint density at radius 3 is 2.75 bits per heavy atom. The summed E-state index contributed by atoms with van der Waals surface area (Å²) in [6, 6.07) is 6.79. The van der Waals surface area contributed by atoms with Crippen molar-refractivity contribution in [3.05, 3.63) is 45.9 Å². The van der Waals surface area contributed by atoms with Crippen molar-refractivity contribution < 1.29 is 19.4 Å². The Morgan fingerprint density at radius 2 is 2.12 bits per heavy atom. The lowest BCUT2D eigenvalue weighted by atomic mass is 10.0. The van der Waals surface area contributed by atoms with Gasteiger partial charge in [-0.3, -0.25) is 9.59 Å². The quantitative estimate of drug-likeness (QED) is 0.866. The van der Waals surface area contributed by atoms with Gasteiger partial charge in [0.2, 0.25) is 0 Å². The van der Waals surface area contributed by atoms with Crippen LogP contribution in [0.15, 0.2) is 29.6 Å². The van der Waals surface area contributed by atoms with Gasteiger partial charge in [-0.1, -0.05) is 12.1 Å². The number of nitrogens with one attached hydrogen (secondary N) is 1. The number of carboxylic acids is 1. The number of carbonyl (C=O) groups excluding carboxylic acids is 1. The number of anilines is 1. The molecule has 2 atom stereocenters. The zero-order valence-corrected chi connectivity index (χ0v) is 14.0. The summed E-state index contributed by atoms with van der Waals surface area (Å²) in [5, 5.41) is 14.3. The smallest absolute Gasteiger partial charge is 0.310 e. The highest BCUT2D eigenvalue weighted by Gasteiger charge is 2.22. The van der Waals surface area contributed by atoms with Crippen LogP contribution in [-0.2, 0) is 9.53 Å². The van der Waals surface area contributed by atoms with Crippen LogP contribution in [0.1, 0.15) is 52.8 Å². The number of aromatic nitrogens is 1. The van der Waals surface area contributed by atoms with Crippen LogP contribution in [0, 0.1) is 0 Å². The van der Waals surface area contributed by atoms with E-state index in [1.165, 1.54) is 11.3 Å². The first-order valence-electron chi connectivity index (χ1n) is 7.75. The van der Waals surface area contributed by atoms with Gasteiger partial charge in [-0.2, -0.15) is 0 Å². The molecule has 1 aromatic heterocycles. The first-order valence-corrected chi connectivity index (χ1v) is 8.63. The Balaban J connectivity index is 1.65. The standard InChI is InChI=1S/C17H18N2O4S/c1-10(17(21)22)11-4-6-12(7-5-11)18-15(20)13-9-24-16(19-13)14-3-2-8-23-14/h4-7,9-10,14H,2-3,8H2,1H3,(H,18,20)(H,21,22)/t10-,14+/m0/s1. The minimum Gasteiger partial charge on any atom is -0.481 e. The number of thiazole rings is 1. The lowest BCUT2D eigenvalue weighted by molar-refractivity contribution is -0.138. The molecular weight excluding hydrogens is 328 g/mol. The van der Waals surface area contributed by atoms with Gasteiger partial charge in [-0.25, -0.2) is 4.98 Å². The van der Waals surface area contributed by atoms with E-state index in [1.807, 2.05) is 0 Å². The topological polar surface area (TPSA) is 88.5 Å². The first-order chi connectivity index (χ1) is 11.5. The highest BCUT2D eigenvalue weighted by atomic mass is 32.1. The summed E-state index contributed by atoms with van der Waals surface area (Å²) in [4.78, 5) is 27.6. The third kappa shape index (κ3) is 3.63. The van der Waals surface area contributed by atoms with Crippen LogP contribution in [0.5, 0.6) is 0 Å². The maximum atomic E-state index is 12.3. The number of ether oxygens (including phenoxy) is 1. The minimum atomic E-state index is -0.879. The lowest BCUT2D eigenvalue weighted by Crippen LogP contribution is -2.13. The van der Waals surface area contributed by atoms with Gasteiger partial charge in [0.15, 0.2) is 0 Å². The Morgan fingerprint density at radius 1 is 1.38 bits per heavy atom. The maximum absolute atomic E-state index is 12.3. The van der Waals surface area contributed by atoms with E-state index in [-0.39, 0.29) is 12.0 Å². The van der Waals surface area contributed by atoms with E-state index in [2.05, 4.69) is 10.3 Å². The van der Waals surface area contributed by atoms with Crippen molar-refractivity contribution in [2.75, 3.05) is 11.9 Å². The SMILES string of the molecule is C[C@H](C(=O)O)c1ccc(NC(=O)c2csc([C@H]3CCCO3)n2)cc1. The lowest BCUT2D eigenvalue weighted by Gasteiger charge is -2.08. The van der Waals surface area contributed by atoms with Crippen LogP contribution in [0.2, 0.25) is 0 Å².